The van der Waals surface area contributed by atoms with Crippen molar-refractivity contribution in [2.24, 2.45) is 0 Å². The number of hydrogen-bond donors (Lipinski definition) is 3. The molecule has 0 atom stereocenters. The monoisotopic (exact) mass is 345 g/mol. The summed E-state index contributed by atoms with van der Waals surface area (Å²) in [7, 11) is 0. The summed E-state index contributed by atoms with van der Waals surface area (Å²) in [5.41, 5.74) is 1.65. The number of nitrogens with zero attached hydrogens (tertiary/aromatic N) is 4. The van der Waals surface area contributed by atoms with Crippen molar-refractivity contribution in [2.45, 2.75) is 20.8 Å². The van der Waals surface area contributed by atoms with E-state index in [1.54, 1.807) is 12.3 Å². The molecular formula is C16H23N7O2. The first kappa shape index (κ1) is 18.4. The fourth-order valence-electron chi connectivity index (χ4n) is 1.97. The zero-order valence-electron chi connectivity index (χ0n) is 14.7. The van der Waals surface area contributed by atoms with Crippen molar-refractivity contribution in [3.05, 3.63) is 29.7 Å². The van der Waals surface area contributed by atoms with Crippen LogP contribution >= 0.6 is 0 Å². The molecule has 0 saturated heterocycles. The maximum Gasteiger partial charge on any atom is 0.317 e. The molecule has 0 aliphatic carbocycles. The van der Waals surface area contributed by atoms with Crippen LogP contribution in [0.1, 0.15) is 18.3 Å². The highest BCUT2D eigenvalue weighted by molar-refractivity contribution is 5.77. The Labute approximate surface area is 146 Å². The lowest BCUT2D eigenvalue weighted by atomic mass is 10.4. The van der Waals surface area contributed by atoms with Crippen LogP contribution in [0.25, 0.3) is 0 Å². The summed E-state index contributed by atoms with van der Waals surface area (Å²) in [6.45, 7) is 7.32. The average molecular weight is 345 g/mol. The number of amides is 1. The van der Waals surface area contributed by atoms with Crippen molar-refractivity contribution in [1.29, 1.82) is 0 Å². The minimum absolute atomic E-state index is 0.130. The molecule has 0 radical (unpaired) electrons. The van der Waals surface area contributed by atoms with E-state index in [0.29, 0.717) is 19.0 Å². The third kappa shape index (κ3) is 6.58. The Hall–Kier alpha value is -2.97. The third-order valence-corrected chi connectivity index (χ3v) is 3.05. The average Bonchev–Trinajstić information content (AvgIpc) is 2.57. The maximum atomic E-state index is 11.7. The number of ether oxygens (including phenoxy) is 1. The van der Waals surface area contributed by atoms with Crippen molar-refractivity contribution in [1.82, 2.24) is 25.3 Å². The highest BCUT2D eigenvalue weighted by Crippen LogP contribution is 2.08. The number of aryl methyl sites for hydroxylation is 2. The zero-order valence-corrected chi connectivity index (χ0v) is 14.7. The van der Waals surface area contributed by atoms with Gasteiger partial charge >= 0.3 is 6.01 Å². The zero-order chi connectivity index (χ0) is 18.1. The van der Waals surface area contributed by atoms with Crippen molar-refractivity contribution in [3.63, 3.8) is 0 Å². The lowest BCUT2D eigenvalue weighted by Gasteiger charge is -2.10. The van der Waals surface area contributed by atoms with Gasteiger partial charge in [0.1, 0.15) is 5.82 Å². The van der Waals surface area contributed by atoms with E-state index in [9.17, 15) is 4.79 Å². The molecule has 134 valence electrons. The molecule has 2 heterocycles. The number of rotatable bonds is 9. The molecule has 9 heteroatoms. The summed E-state index contributed by atoms with van der Waals surface area (Å²) in [6.07, 6.45) is 1.59. The van der Waals surface area contributed by atoms with Gasteiger partial charge in [0.2, 0.25) is 5.95 Å². The highest BCUT2D eigenvalue weighted by Gasteiger charge is 2.05. The molecule has 3 N–H and O–H groups in total. The van der Waals surface area contributed by atoms with E-state index in [2.05, 4.69) is 35.9 Å². The van der Waals surface area contributed by atoms with Crippen molar-refractivity contribution >= 4 is 17.7 Å². The first-order valence-corrected chi connectivity index (χ1v) is 8.09. The normalized spacial score (nSPS) is 10.2. The second kappa shape index (κ2) is 9.36. The molecule has 25 heavy (non-hydrogen) atoms. The Kier molecular flexibility index (Phi) is 6.87. The van der Waals surface area contributed by atoms with Crippen LogP contribution in [0.5, 0.6) is 6.01 Å². The van der Waals surface area contributed by atoms with Gasteiger partial charge < -0.3 is 20.7 Å². The van der Waals surface area contributed by atoms with Gasteiger partial charge in [-0.05, 0) is 26.8 Å². The molecule has 0 fully saturated rings. The Balaban J connectivity index is 1.69. The molecule has 2 aromatic heterocycles. The number of aromatic nitrogens is 4. The lowest BCUT2D eigenvalue weighted by molar-refractivity contribution is -0.123. The summed E-state index contributed by atoms with van der Waals surface area (Å²) < 4.78 is 5.23. The predicted molar refractivity (Wildman–Crippen MR) is 94.7 cm³/mol. The molecule has 0 bridgehead atoms. The Morgan fingerprint density at radius 2 is 1.96 bits per heavy atom. The van der Waals surface area contributed by atoms with E-state index in [0.717, 1.165) is 23.8 Å². The lowest BCUT2D eigenvalue weighted by Crippen LogP contribution is -2.33. The summed E-state index contributed by atoms with van der Waals surface area (Å²) in [5.74, 6) is 1.05. The van der Waals surface area contributed by atoms with Gasteiger partial charge in [0.05, 0.1) is 0 Å². The van der Waals surface area contributed by atoms with E-state index >= 15 is 0 Å². The topological polar surface area (TPSA) is 114 Å². The first-order valence-electron chi connectivity index (χ1n) is 8.09. The molecule has 0 spiro atoms. The molecular weight excluding hydrogens is 322 g/mol. The Bertz CT molecular complexity index is 709. The number of anilines is 2. The van der Waals surface area contributed by atoms with Crippen molar-refractivity contribution in [2.75, 3.05) is 36.9 Å². The van der Waals surface area contributed by atoms with E-state index in [-0.39, 0.29) is 18.5 Å². The molecule has 0 aliphatic heterocycles. The molecule has 2 rings (SSSR count). The summed E-state index contributed by atoms with van der Waals surface area (Å²) in [5, 5.41) is 8.96. The van der Waals surface area contributed by atoms with E-state index in [4.69, 9.17) is 4.74 Å². The van der Waals surface area contributed by atoms with Gasteiger partial charge in [-0.3, -0.25) is 4.79 Å². The summed E-state index contributed by atoms with van der Waals surface area (Å²) in [4.78, 5) is 28.4. The summed E-state index contributed by atoms with van der Waals surface area (Å²) in [6, 6.07) is 3.83. The van der Waals surface area contributed by atoms with Crippen LogP contribution in [0.15, 0.2) is 18.3 Å². The molecule has 0 saturated carbocycles. The minimum Gasteiger partial charge on any atom is -0.453 e. The molecule has 1 amide bonds. The summed E-state index contributed by atoms with van der Waals surface area (Å²) >= 11 is 0. The molecule has 0 unspecified atom stereocenters. The van der Waals surface area contributed by atoms with Crippen LogP contribution in [0.3, 0.4) is 0 Å². The fourth-order valence-corrected chi connectivity index (χ4v) is 1.97. The first-order chi connectivity index (χ1) is 12.1. The standard InChI is InChI=1S/C16H23N7O2/c1-4-17-13-9-12(3)21-15(23-13)19-8-7-18-14(24)10-25-16-20-6-5-11(2)22-16/h5-6,9H,4,7-8,10H2,1-3H3,(H,18,24)(H2,17,19,21,23). The second-order valence-electron chi connectivity index (χ2n) is 5.29. The SMILES string of the molecule is CCNc1cc(C)nc(NCCNC(=O)COc2nccc(C)n2)n1. The second-order valence-corrected chi connectivity index (χ2v) is 5.29. The van der Waals surface area contributed by atoms with Gasteiger partial charge in [-0.25, -0.2) is 15.0 Å². The van der Waals surface area contributed by atoms with Crippen LogP contribution in [0.2, 0.25) is 0 Å². The van der Waals surface area contributed by atoms with Gasteiger partial charge in [0.15, 0.2) is 6.61 Å². The van der Waals surface area contributed by atoms with Gasteiger partial charge in [-0.2, -0.15) is 4.98 Å². The van der Waals surface area contributed by atoms with Gasteiger partial charge in [-0.1, -0.05) is 0 Å². The molecule has 9 nitrogen and oxygen atoms in total. The maximum absolute atomic E-state index is 11.7. The highest BCUT2D eigenvalue weighted by atomic mass is 16.5. The minimum atomic E-state index is -0.245. The van der Waals surface area contributed by atoms with Crippen LogP contribution < -0.4 is 20.7 Å². The number of carbonyl (C=O) groups is 1. The van der Waals surface area contributed by atoms with E-state index < -0.39 is 0 Å². The van der Waals surface area contributed by atoms with Crippen LogP contribution in [-0.2, 0) is 4.79 Å². The Morgan fingerprint density at radius 3 is 2.72 bits per heavy atom. The molecule has 0 aromatic carbocycles. The largest absolute Gasteiger partial charge is 0.453 e. The van der Waals surface area contributed by atoms with Gasteiger partial charge in [0.25, 0.3) is 5.91 Å². The molecule has 2 aromatic rings. The van der Waals surface area contributed by atoms with Crippen LogP contribution in [0, 0.1) is 13.8 Å². The van der Waals surface area contributed by atoms with Gasteiger partial charge in [0, 0.05) is 43.3 Å². The van der Waals surface area contributed by atoms with E-state index in [1.807, 2.05) is 26.8 Å². The van der Waals surface area contributed by atoms with Crippen LogP contribution in [0.4, 0.5) is 11.8 Å². The third-order valence-electron chi connectivity index (χ3n) is 3.05. The predicted octanol–water partition coefficient (Wildman–Crippen LogP) is 0.922. The number of carbonyl (C=O) groups excluding carboxylic acids is 1. The molecule has 0 aliphatic rings. The smallest absolute Gasteiger partial charge is 0.317 e. The quantitative estimate of drug-likeness (QED) is 0.575. The van der Waals surface area contributed by atoms with Crippen LogP contribution in [-0.4, -0.2) is 52.1 Å². The Morgan fingerprint density at radius 1 is 1.12 bits per heavy atom. The fraction of sp³-hybridized carbons (Fsp3) is 0.438. The number of nitrogens with one attached hydrogen (secondary N) is 3. The van der Waals surface area contributed by atoms with Crippen molar-refractivity contribution in [3.8, 4) is 6.01 Å². The number of hydrogen-bond acceptors (Lipinski definition) is 8. The van der Waals surface area contributed by atoms with Crippen molar-refractivity contribution < 1.29 is 9.53 Å². The van der Waals surface area contributed by atoms with Gasteiger partial charge in [-0.15, -0.1) is 0 Å². The van der Waals surface area contributed by atoms with E-state index in [1.165, 1.54) is 0 Å².